The summed E-state index contributed by atoms with van der Waals surface area (Å²) in [7, 11) is 12.1. The Morgan fingerprint density at radius 2 is 1.19 bits per heavy atom. The van der Waals surface area contributed by atoms with E-state index < -0.39 is 11.9 Å². The third-order valence-corrected chi connectivity index (χ3v) is 10.7. The molecule has 12 nitrogen and oxygen atoms in total. The number of carbonyl (C=O) groups is 2. The monoisotopic (exact) mass is 791 g/mol. The third-order valence-electron chi connectivity index (χ3n) is 10.7. The lowest BCUT2D eigenvalue weighted by molar-refractivity contribution is -0.941. The molecule has 0 spiro atoms. The molecule has 3 aromatic rings. The summed E-state index contributed by atoms with van der Waals surface area (Å²) in [5, 5.41) is 0. The zero-order valence-corrected chi connectivity index (χ0v) is 35.2. The number of fused-ring (bicyclic) bond motifs is 1. The Kier molecular flexibility index (Phi) is 17.8. The van der Waals surface area contributed by atoms with Crippen molar-refractivity contribution in [3.8, 4) is 34.5 Å². The lowest BCUT2D eigenvalue weighted by atomic mass is 9.86. The second kappa shape index (κ2) is 22.7. The predicted octanol–water partition coefficient (Wildman–Crippen LogP) is 7.14. The number of methoxy groups -OCH3 is 6. The van der Waals surface area contributed by atoms with E-state index in [9.17, 15) is 9.59 Å². The molecule has 4 rings (SSSR count). The van der Waals surface area contributed by atoms with Gasteiger partial charge in [-0.3, -0.25) is 4.90 Å². The van der Waals surface area contributed by atoms with E-state index in [1.165, 1.54) is 11.1 Å². The van der Waals surface area contributed by atoms with E-state index in [-0.39, 0.29) is 19.3 Å². The summed E-state index contributed by atoms with van der Waals surface area (Å²) in [5.41, 5.74) is 4.68. The largest absolute Gasteiger partial charge is 0.493 e. The van der Waals surface area contributed by atoms with Crippen LogP contribution in [0.5, 0.6) is 34.5 Å². The van der Waals surface area contributed by atoms with Crippen molar-refractivity contribution in [2.75, 3.05) is 89.1 Å². The van der Waals surface area contributed by atoms with Gasteiger partial charge in [-0.1, -0.05) is 31.9 Å². The molecular weight excluding hydrogens is 728 g/mol. The predicted molar refractivity (Wildman–Crippen MR) is 220 cm³/mol. The topological polar surface area (TPSA) is 111 Å². The Morgan fingerprint density at radius 3 is 1.79 bits per heavy atom. The molecule has 0 aliphatic carbocycles. The summed E-state index contributed by atoms with van der Waals surface area (Å²) < 4.78 is 45.0. The molecule has 0 fully saturated rings. The molecule has 1 heterocycles. The number of likely N-dealkylation sites (N-methyl/N-ethyl adjacent to an activating group) is 1. The highest BCUT2D eigenvalue weighted by Gasteiger charge is 2.40. The van der Waals surface area contributed by atoms with Crippen molar-refractivity contribution in [3.05, 3.63) is 82.9 Å². The SMILES string of the molecule is CCCCCN(CCCOC(=O)/C=C\C(=O)OCCC[N@+]1(C)CCc2cc(OC)c(OC)cc2[C@H]1Cc1ccc(OC)c(OC)c1)Cc1ccc(OC)c(OC)c1. The molecule has 0 amide bonds. The van der Waals surface area contributed by atoms with Gasteiger partial charge in [0.05, 0.1) is 76.0 Å². The Hall–Kier alpha value is -4.94. The molecule has 0 unspecified atom stereocenters. The van der Waals surface area contributed by atoms with Gasteiger partial charge in [-0.15, -0.1) is 0 Å². The first-order chi connectivity index (χ1) is 27.6. The van der Waals surface area contributed by atoms with E-state index in [0.717, 1.165) is 92.6 Å². The first-order valence-corrected chi connectivity index (χ1v) is 19.9. The number of carbonyl (C=O) groups excluding carboxylic acids is 2. The highest BCUT2D eigenvalue weighted by atomic mass is 16.5. The number of hydrogen-bond donors (Lipinski definition) is 0. The number of nitrogens with zero attached hydrogens (tertiary/aromatic N) is 2. The van der Waals surface area contributed by atoms with E-state index in [1.807, 2.05) is 30.3 Å². The molecular formula is C45H63N2O10+. The highest BCUT2D eigenvalue weighted by molar-refractivity contribution is 5.91. The van der Waals surface area contributed by atoms with Gasteiger partial charge in [-0.05, 0) is 72.5 Å². The fourth-order valence-corrected chi connectivity index (χ4v) is 7.54. The molecule has 0 radical (unpaired) electrons. The molecule has 0 saturated heterocycles. The van der Waals surface area contributed by atoms with Crippen LogP contribution in [0.15, 0.2) is 60.7 Å². The maximum Gasteiger partial charge on any atom is 0.331 e. The fourth-order valence-electron chi connectivity index (χ4n) is 7.54. The van der Waals surface area contributed by atoms with Crippen LogP contribution in [-0.2, 0) is 38.4 Å². The Morgan fingerprint density at radius 1 is 0.667 bits per heavy atom. The normalized spacial score (nSPS) is 16.2. The van der Waals surface area contributed by atoms with Crippen molar-refractivity contribution < 1.29 is 52.0 Å². The zero-order valence-electron chi connectivity index (χ0n) is 35.2. The number of hydrogen-bond acceptors (Lipinski definition) is 11. The molecule has 12 heteroatoms. The first-order valence-electron chi connectivity index (χ1n) is 19.9. The van der Waals surface area contributed by atoms with Gasteiger partial charge in [0, 0.05) is 50.1 Å². The fraction of sp³-hybridized carbons (Fsp3) is 0.511. The zero-order chi connectivity index (χ0) is 41.2. The van der Waals surface area contributed by atoms with Gasteiger partial charge in [0.25, 0.3) is 0 Å². The molecule has 312 valence electrons. The second-order valence-electron chi connectivity index (χ2n) is 14.5. The smallest absolute Gasteiger partial charge is 0.331 e. The Labute approximate surface area is 339 Å². The maximum atomic E-state index is 12.6. The summed E-state index contributed by atoms with van der Waals surface area (Å²) in [4.78, 5) is 27.4. The van der Waals surface area contributed by atoms with E-state index in [1.54, 1.807) is 42.7 Å². The van der Waals surface area contributed by atoms with Gasteiger partial charge in [-0.25, -0.2) is 9.59 Å². The van der Waals surface area contributed by atoms with Crippen LogP contribution in [0.25, 0.3) is 0 Å². The van der Waals surface area contributed by atoms with E-state index in [0.29, 0.717) is 47.3 Å². The Bertz CT molecular complexity index is 1780. The summed E-state index contributed by atoms with van der Waals surface area (Å²) >= 11 is 0. The molecule has 57 heavy (non-hydrogen) atoms. The summed E-state index contributed by atoms with van der Waals surface area (Å²) in [6.45, 7) is 6.77. The first kappa shape index (κ1) is 44.8. The van der Waals surface area contributed by atoms with Crippen molar-refractivity contribution in [2.45, 2.75) is 64.5 Å². The van der Waals surface area contributed by atoms with E-state index in [4.69, 9.17) is 37.9 Å². The minimum absolute atomic E-state index is 0.0893. The van der Waals surface area contributed by atoms with Crippen LogP contribution in [0, 0.1) is 0 Å². The Balaban J connectivity index is 1.29. The van der Waals surface area contributed by atoms with Crippen LogP contribution in [0.2, 0.25) is 0 Å². The van der Waals surface area contributed by atoms with Gasteiger partial charge in [0.1, 0.15) is 6.04 Å². The van der Waals surface area contributed by atoms with Gasteiger partial charge >= 0.3 is 11.9 Å². The summed E-state index contributed by atoms with van der Waals surface area (Å²) in [6.07, 6.45) is 8.58. The molecule has 0 bridgehead atoms. The van der Waals surface area contributed by atoms with Gasteiger partial charge in [0.2, 0.25) is 0 Å². The van der Waals surface area contributed by atoms with Crippen LogP contribution in [-0.4, -0.2) is 110 Å². The van der Waals surface area contributed by atoms with Crippen LogP contribution < -0.4 is 28.4 Å². The quantitative estimate of drug-likeness (QED) is 0.0400. The average Bonchev–Trinajstić information content (AvgIpc) is 3.23. The van der Waals surface area contributed by atoms with Crippen molar-refractivity contribution in [1.29, 1.82) is 0 Å². The number of rotatable bonds is 24. The van der Waals surface area contributed by atoms with Crippen molar-refractivity contribution in [1.82, 2.24) is 4.90 Å². The standard InChI is InChI=1S/C45H63N2O10/c1-9-10-11-21-46(32-34-15-17-39(51-4)41(29-34)53-6)22-12-25-56-44(48)18-19-45(49)57-26-13-23-47(2)24-20-35-30-42(54-7)43(55-8)31-36(35)37(47)27-33-14-16-38(50-3)40(28-33)52-5/h14-19,28-31,37H,9-13,20-27,32H2,1-8H3/q+1/b19-18-/t37-,47-/m1/s1. The van der Waals surface area contributed by atoms with Crippen LogP contribution in [0.1, 0.15) is 67.3 Å². The molecule has 2 atom stereocenters. The summed E-state index contributed by atoms with van der Waals surface area (Å²) in [5.74, 6) is 3.02. The number of ether oxygens (including phenoxy) is 8. The molecule has 0 N–H and O–H groups in total. The van der Waals surface area contributed by atoms with Crippen molar-refractivity contribution >= 4 is 11.9 Å². The minimum atomic E-state index is -0.575. The van der Waals surface area contributed by atoms with Crippen LogP contribution in [0.3, 0.4) is 0 Å². The van der Waals surface area contributed by atoms with Gasteiger partial charge in [-0.2, -0.15) is 0 Å². The van der Waals surface area contributed by atoms with Gasteiger partial charge in [0.15, 0.2) is 34.5 Å². The molecule has 1 aliphatic heterocycles. The molecule has 0 aromatic heterocycles. The lowest BCUT2D eigenvalue weighted by Gasteiger charge is -2.46. The second-order valence-corrected chi connectivity index (χ2v) is 14.5. The third kappa shape index (κ3) is 12.8. The van der Waals surface area contributed by atoms with E-state index >= 15 is 0 Å². The number of benzene rings is 3. The van der Waals surface area contributed by atoms with Crippen LogP contribution in [0.4, 0.5) is 0 Å². The number of quaternary nitrogens is 1. The van der Waals surface area contributed by atoms with Gasteiger partial charge < -0.3 is 42.4 Å². The molecule has 3 aromatic carbocycles. The summed E-state index contributed by atoms with van der Waals surface area (Å²) in [6, 6.07) is 16.3. The van der Waals surface area contributed by atoms with Crippen molar-refractivity contribution in [2.24, 2.45) is 0 Å². The highest BCUT2D eigenvalue weighted by Crippen LogP contribution is 2.43. The number of unbranched alkanes of at least 4 members (excludes halogenated alkanes) is 2. The molecule has 1 aliphatic rings. The van der Waals surface area contributed by atoms with E-state index in [2.05, 4.69) is 37.1 Å². The van der Waals surface area contributed by atoms with Crippen LogP contribution >= 0.6 is 0 Å². The minimum Gasteiger partial charge on any atom is -0.493 e. The van der Waals surface area contributed by atoms with Crippen molar-refractivity contribution in [3.63, 3.8) is 0 Å². The number of esters is 2. The maximum absolute atomic E-state index is 12.6. The average molecular weight is 792 g/mol. The molecule has 0 saturated carbocycles. The lowest BCUT2D eigenvalue weighted by Crippen LogP contribution is -2.52.